The van der Waals surface area contributed by atoms with Gasteiger partial charge in [0.25, 0.3) is 0 Å². The maximum absolute atomic E-state index is 12.9. The van der Waals surface area contributed by atoms with E-state index in [2.05, 4.69) is 17.1 Å². The lowest BCUT2D eigenvalue weighted by molar-refractivity contribution is -0.139. The Balaban J connectivity index is 1.36. The number of ether oxygens (including phenoxy) is 1. The molecular weight excluding hydrogens is 614 g/mol. The van der Waals surface area contributed by atoms with E-state index in [0.717, 1.165) is 40.4 Å². The Hall–Kier alpha value is -3.94. The van der Waals surface area contributed by atoms with Gasteiger partial charge in [0, 0.05) is 56.3 Å². The van der Waals surface area contributed by atoms with Gasteiger partial charge in [0.05, 0.1) is 25.7 Å². The summed E-state index contributed by atoms with van der Waals surface area (Å²) < 4.78 is 5.63. The summed E-state index contributed by atoms with van der Waals surface area (Å²) in [4.78, 5) is 56.3. The van der Waals surface area contributed by atoms with Gasteiger partial charge >= 0.3 is 11.9 Å². The topological polar surface area (TPSA) is 170 Å². The molecule has 2 aromatic carbocycles. The number of aryl methyl sites for hydroxylation is 2. The van der Waals surface area contributed by atoms with E-state index in [4.69, 9.17) is 20.7 Å². The molecule has 12 heteroatoms. The second-order valence-corrected chi connectivity index (χ2v) is 12.3. The number of aromatic amines is 1. The second kappa shape index (κ2) is 20.4. The van der Waals surface area contributed by atoms with E-state index in [-0.39, 0.29) is 37.8 Å². The number of hydrogen-bond donors (Lipinski definition) is 4. The number of rotatable bonds is 25. The number of hydrogen-bond acceptors (Lipinski definition) is 9. The number of fused-ring (bicyclic) bond motifs is 1. The first-order valence-corrected chi connectivity index (χ1v) is 16.6. The number of likely N-dealkylation sites (N-methyl/N-ethyl adjacent to an activating group) is 2. The van der Waals surface area contributed by atoms with Gasteiger partial charge in [-0.15, -0.1) is 0 Å². The normalized spacial score (nSPS) is 12.3. The minimum absolute atomic E-state index is 0.00779. The van der Waals surface area contributed by atoms with Crippen molar-refractivity contribution in [3.8, 4) is 0 Å². The predicted octanol–water partition coefficient (Wildman–Crippen LogP) is 2.48. The molecule has 0 amide bonds. The molecule has 3 rings (SSSR count). The molecule has 0 aliphatic heterocycles. The maximum atomic E-state index is 12.9. The second-order valence-electron chi connectivity index (χ2n) is 12.3. The van der Waals surface area contributed by atoms with Crippen molar-refractivity contribution < 1.29 is 34.1 Å². The van der Waals surface area contributed by atoms with Gasteiger partial charge in [-0.05, 0) is 62.0 Å². The third-order valence-corrected chi connectivity index (χ3v) is 8.38. The highest BCUT2D eigenvalue weighted by Crippen LogP contribution is 2.19. The van der Waals surface area contributed by atoms with Crippen LogP contribution in [0.5, 0.6) is 0 Å². The van der Waals surface area contributed by atoms with E-state index < -0.39 is 18.0 Å². The number of aliphatic carboxylic acids is 2. The number of carbonyl (C=O) groups excluding carboxylic acids is 2. The quantitative estimate of drug-likeness (QED) is 0.0981. The fourth-order valence-electron chi connectivity index (χ4n) is 5.51. The molecule has 0 saturated heterocycles. The summed E-state index contributed by atoms with van der Waals surface area (Å²) in [6.07, 6.45) is 4.91. The molecule has 0 saturated carbocycles. The summed E-state index contributed by atoms with van der Waals surface area (Å²) in [5.41, 5.74) is 10.4. The number of Topliss-reactive ketones (excluding diaryl/α,β-unsaturated/α-hetero) is 2. The van der Waals surface area contributed by atoms with Gasteiger partial charge in [-0.2, -0.15) is 0 Å². The molecule has 0 unspecified atom stereocenters. The van der Waals surface area contributed by atoms with Crippen LogP contribution < -0.4 is 5.73 Å². The number of carboxylic acid groups (broad SMARTS) is 2. The molecule has 1 aromatic heterocycles. The third-order valence-electron chi connectivity index (χ3n) is 8.38. The van der Waals surface area contributed by atoms with E-state index in [0.29, 0.717) is 58.6 Å². The van der Waals surface area contributed by atoms with Crippen LogP contribution in [0, 0.1) is 0 Å². The van der Waals surface area contributed by atoms with Gasteiger partial charge in [0.15, 0.2) is 5.78 Å². The summed E-state index contributed by atoms with van der Waals surface area (Å²) >= 11 is 0. The van der Waals surface area contributed by atoms with Crippen LogP contribution in [0.25, 0.3) is 10.9 Å². The number of benzene rings is 2. The minimum Gasteiger partial charge on any atom is -0.480 e. The van der Waals surface area contributed by atoms with Crippen LogP contribution >= 0.6 is 0 Å². The molecule has 0 fully saturated rings. The van der Waals surface area contributed by atoms with Gasteiger partial charge in [0.2, 0.25) is 0 Å². The number of aromatic nitrogens is 1. The molecule has 5 N–H and O–H groups in total. The molecule has 48 heavy (non-hydrogen) atoms. The lowest BCUT2D eigenvalue weighted by Gasteiger charge is -2.27. The maximum Gasteiger partial charge on any atom is 0.317 e. The number of para-hydroxylation sites is 1. The van der Waals surface area contributed by atoms with E-state index in [1.165, 1.54) is 0 Å². The highest BCUT2D eigenvalue weighted by molar-refractivity contribution is 5.87. The van der Waals surface area contributed by atoms with Crippen molar-refractivity contribution in [2.75, 3.05) is 72.6 Å². The van der Waals surface area contributed by atoms with Gasteiger partial charge in [-0.1, -0.05) is 49.4 Å². The van der Waals surface area contributed by atoms with Gasteiger partial charge in [-0.3, -0.25) is 33.9 Å². The van der Waals surface area contributed by atoms with Crippen LogP contribution in [0.15, 0.2) is 54.7 Å². The van der Waals surface area contributed by atoms with Crippen molar-refractivity contribution >= 4 is 34.4 Å². The Morgan fingerprint density at radius 3 is 2.19 bits per heavy atom. The summed E-state index contributed by atoms with van der Waals surface area (Å²) in [6, 6.07) is 15.5. The van der Waals surface area contributed by atoms with Crippen molar-refractivity contribution in [1.29, 1.82) is 0 Å². The average molecular weight is 666 g/mol. The zero-order valence-electron chi connectivity index (χ0n) is 28.2. The van der Waals surface area contributed by atoms with E-state index >= 15 is 0 Å². The number of H-pyrrole nitrogens is 1. The van der Waals surface area contributed by atoms with Crippen LogP contribution in [0.3, 0.4) is 0 Å². The lowest BCUT2D eigenvalue weighted by Crippen LogP contribution is -2.43. The molecule has 0 radical (unpaired) electrons. The van der Waals surface area contributed by atoms with E-state index in [9.17, 15) is 19.2 Å². The van der Waals surface area contributed by atoms with Crippen molar-refractivity contribution in [2.24, 2.45) is 5.73 Å². The van der Waals surface area contributed by atoms with Gasteiger partial charge < -0.3 is 25.7 Å². The van der Waals surface area contributed by atoms with Crippen molar-refractivity contribution in [1.82, 2.24) is 19.7 Å². The number of ketones is 2. The molecular formula is C36H51N5O7. The summed E-state index contributed by atoms with van der Waals surface area (Å²) in [5.74, 6) is -1.85. The Kier molecular flexibility index (Phi) is 16.4. The smallest absolute Gasteiger partial charge is 0.317 e. The Morgan fingerprint density at radius 1 is 0.854 bits per heavy atom. The number of carbonyl (C=O) groups is 4. The average Bonchev–Trinajstić information content (AvgIpc) is 3.46. The van der Waals surface area contributed by atoms with Crippen LogP contribution in [-0.2, 0) is 43.2 Å². The zero-order valence-corrected chi connectivity index (χ0v) is 28.2. The monoisotopic (exact) mass is 665 g/mol. The first-order valence-electron chi connectivity index (χ1n) is 16.6. The first-order chi connectivity index (χ1) is 23.0. The molecule has 1 heterocycles. The molecule has 0 bridgehead atoms. The SMILES string of the molecule is CCN(CCN(CCN(C)CC(=O)O)CC(=O)CCc1ccc(CCCOCC(=O)[C@H](N)Cc2c[nH]c3ccccc23)cc1)CC(=O)O. The highest BCUT2D eigenvalue weighted by atomic mass is 16.5. The molecule has 3 aromatic rings. The summed E-state index contributed by atoms with van der Waals surface area (Å²) in [5, 5.41) is 19.3. The Morgan fingerprint density at radius 2 is 1.50 bits per heavy atom. The molecule has 12 nitrogen and oxygen atoms in total. The molecule has 262 valence electrons. The first kappa shape index (κ1) is 38.5. The Bertz CT molecular complexity index is 1460. The highest BCUT2D eigenvalue weighted by Gasteiger charge is 2.17. The third kappa shape index (κ3) is 14.0. The predicted molar refractivity (Wildman–Crippen MR) is 185 cm³/mol. The van der Waals surface area contributed by atoms with Crippen molar-refractivity contribution in [2.45, 2.75) is 45.1 Å². The molecule has 0 spiro atoms. The molecule has 1 atom stereocenters. The Labute approximate surface area is 282 Å². The van der Waals surface area contributed by atoms with Gasteiger partial charge in [-0.25, -0.2) is 0 Å². The van der Waals surface area contributed by atoms with Crippen molar-refractivity contribution in [3.63, 3.8) is 0 Å². The lowest BCUT2D eigenvalue weighted by atomic mass is 10.0. The van der Waals surface area contributed by atoms with E-state index in [1.807, 2.05) is 54.4 Å². The van der Waals surface area contributed by atoms with Crippen LogP contribution in [-0.4, -0.2) is 132 Å². The molecule has 0 aliphatic rings. The van der Waals surface area contributed by atoms with Crippen LogP contribution in [0.2, 0.25) is 0 Å². The van der Waals surface area contributed by atoms with Crippen LogP contribution in [0.1, 0.15) is 36.5 Å². The van der Waals surface area contributed by atoms with Crippen LogP contribution in [0.4, 0.5) is 0 Å². The zero-order chi connectivity index (χ0) is 34.9. The summed E-state index contributed by atoms with van der Waals surface area (Å²) in [6.45, 7) is 4.98. The van der Waals surface area contributed by atoms with E-state index in [1.54, 1.807) is 16.8 Å². The number of carboxylic acids is 2. The fourth-order valence-corrected chi connectivity index (χ4v) is 5.51. The van der Waals surface area contributed by atoms with Gasteiger partial charge in [0.1, 0.15) is 12.4 Å². The van der Waals surface area contributed by atoms with Crippen molar-refractivity contribution in [3.05, 3.63) is 71.4 Å². The number of nitrogens with one attached hydrogen (secondary N) is 1. The number of nitrogens with two attached hydrogens (primary N) is 1. The molecule has 0 aliphatic carbocycles. The fraction of sp³-hybridized carbons (Fsp3) is 0.500. The largest absolute Gasteiger partial charge is 0.480 e. The standard InChI is InChI=1S/C36H51N5O7/c1-3-40(25-36(46)47)18-19-41(17-16-39(2)24-35(44)45)23-30(42)15-14-28-12-10-27(11-13-28)7-6-20-48-26-34(43)32(37)21-29-22-38-33-9-5-4-8-31(29)33/h4-5,8-13,22,32,38H,3,6-7,14-21,23-26,37H2,1-2H3,(H,44,45)(H,46,47)/t32-/m1/s1. The minimum atomic E-state index is -0.913. The summed E-state index contributed by atoms with van der Waals surface area (Å²) in [7, 11) is 1.72. The number of nitrogens with zero attached hydrogens (tertiary/aromatic N) is 3.